The minimum absolute atomic E-state index is 0.201. The van der Waals surface area contributed by atoms with E-state index in [2.05, 4.69) is 73.7 Å². The highest BCUT2D eigenvalue weighted by atomic mass is 28.4. The van der Waals surface area contributed by atoms with E-state index >= 15 is 0 Å². The third-order valence-corrected chi connectivity index (χ3v) is 11.8. The summed E-state index contributed by atoms with van der Waals surface area (Å²) in [7, 11) is -0.443. The molecular weight excluding hydrogens is 391 g/mol. The number of benzene rings is 1. The smallest absolute Gasteiger partial charge is 0.495 e. The van der Waals surface area contributed by atoms with Crippen LogP contribution in [0.15, 0.2) is 18.2 Å². The predicted octanol–water partition coefficient (Wildman–Crippen LogP) is 5.73. The first kappa shape index (κ1) is 25.4. The van der Waals surface area contributed by atoms with Gasteiger partial charge in [-0.05, 0) is 74.9 Å². The first-order chi connectivity index (χ1) is 13.8. The van der Waals surface area contributed by atoms with E-state index in [4.69, 9.17) is 18.5 Å². The van der Waals surface area contributed by atoms with Crippen molar-refractivity contribution in [3.8, 4) is 5.75 Å². The normalized spacial score (nSPS) is 21.9. The van der Waals surface area contributed by atoms with Crippen LogP contribution in [0.4, 0.5) is 0 Å². The zero-order chi connectivity index (χ0) is 22.8. The molecule has 0 N–H and O–H groups in total. The molecular formula is C24H43BO4Si. The molecule has 4 nitrogen and oxygen atoms in total. The van der Waals surface area contributed by atoms with Crippen molar-refractivity contribution in [3.05, 3.63) is 23.8 Å². The molecule has 0 amide bonds. The van der Waals surface area contributed by atoms with E-state index in [9.17, 15) is 0 Å². The quantitative estimate of drug-likeness (QED) is 0.465. The number of ether oxygens (including phenoxy) is 1. The third-order valence-electron chi connectivity index (χ3n) is 7.29. The Morgan fingerprint density at radius 3 is 2.33 bits per heavy atom. The molecule has 0 saturated carbocycles. The van der Waals surface area contributed by atoms with Crippen molar-refractivity contribution in [2.24, 2.45) is 0 Å². The molecule has 0 aromatic heterocycles. The monoisotopic (exact) mass is 434 g/mol. The molecule has 30 heavy (non-hydrogen) atoms. The Morgan fingerprint density at radius 2 is 1.77 bits per heavy atom. The summed E-state index contributed by atoms with van der Waals surface area (Å²) in [5.74, 6) is 0.854. The number of methoxy groups -OCH3 is 1. The van der Waals surface area contributed by atoms with Gasteiger partial charge in [-0.3, -0.25) is 0 Å². The van der Waals surface area contributed by atoms with E-state index in [1.54, 1.807) is 7.11 Å². The lowest BCUT2D eigenvalue weighted by Gasteiger charge is -2.36. The van der Waals surface area contributed by atoms with Crippen LogP contribution in [-0.2, 0) is 20.2 Å². The Kier molecular flexibility index (Phi) is 7.93. The van der Waals surface area contributed by atoms with Crippen LogP contribution in [0.5, 0.6) is 5.75 Å². The van der Waals surface area contributed by atoms with Crippen molar-refractivity contribution in [1.82, 2.24) is 0 Å². The highest BCUT2D eigenvalue weighted by Gasteiger charge is 2.54. The third kappa shape index (κ3) is 5.50. The molecule has 1 aliphatic heterocycles. The molecule has 1 aromatic carbocycles. The molecule has 0 spiro atoms. The van der Waals surface area contributed by atoms with Crippen molar-refractivity contribution in [3.63, 3.8) is 0 Å². The highest BCUT2D eigenvalue weighted by Crippen LogP contribution is 2.41. The lowest BCUT2D eigenvalue weighted by molar-refractivity contribution is -0.0169. The predicted molar refractivity (Wildman–Crippen MR) is 129 cm³/mol. The number of rotatable bonds is 9. The van der Waals surface area contributed by atoms with Crippen LogP contribution in [0.25, 0.3) is 0 Å². The maximum Gasteiger partial charge on any atom is 0.495 e. The largest absolute Gasteiger partial charge is 0.497 e. The summed E-state index contributed by atoms with van der Waals surface area (Å²) in [6.45, 7) is 20.8. The molecule has 1 heterocycles. The van der Waals surface area contributed by atoms with Crippen LogP contribution in [0.1, 0.15) is 73.3 Å². The van der Waals surface area contributed by atoms with E-state index in [0.717, 1.165) is 36.9 Å². The van der Waals surface area contributed by atoms with Gasteiger partial charge in [0.05, 0.1) is 18.3 Å². The van der Waals surface area contributed by atoms with Gasteiger partial charge in [-0.25, -0.2) is 0 Å². The molecule has 0 bridgehead atoms. The van der Waals surface area contributed by atoms with Gasteiger partial charge >= 0.3 is 7.12 Å². The average molecular weight is 435 g/mol. The Hall–Kier alpha value is -0.818. The molecule has 1 aromatic rings. The maximum absolute atomic E-state index is 6.57. The van der Waals surface area contributed by atoms with Crippen molar-refractivity contribution < 1.29 is 18.5 Å². The Morgan fingerprint density at radius 1 is 1.10 bits per heavy atom. The van der Waals surface area contributed by atoms with E-state index < -0.39 is 8.32 Å². The molecule has 0 radical (unpaired) electrons. The van der Waals surface area contributed by atoms with Crippen molar-refractivity contribution in [2.45, 2.75) is 103 Å². The number of hydrogen-bond donors (Lipinski definition) is 0. The van der Waals surface area contributed by atoms with E-state index in [1.165, 1.54) is 5.56 Å². The van der Waals surface area contributed by atoms with Gasteiger partial charge in [0.1, 0.15) is 5.75 Å². The average Bonchev–Trinajstić information content (AvgIpc) is 2.88. The molecule has 1 unspecified atom stereocenters. The van der Waals surface area contributed by atoms with Gasteiger partial charge in [-0.15, -0.1) is 0 Å². The Bertz CT molecular complexity index is 714. The topological polar surface area (TPSA) is 36.9 Å². The fourth-order valence-electron chi connectivity index (χ4n) is 3.58. The molecule has 0 aliphatic carbocycles. The summed E-state index contributed by atoms with van der Waals surface area (Å²) < 4.78 is 25.0. The lowest BCUT2D eigenvalue weighted by Crippen LogP contribution is -2.44. The van der Waals surface area contributed by atoms with Gasteiger partial charge < -0.3 is 18.5 Å². The fraction of sp³-hybridized carbons (Fsp3) is 0.750. The molecule has 1 aliphatic rings. The summed E-state index contributed by atoms with van der Waals surface area (Å²) in [6.07, 6.45) is 4.09. The second kappa shape index (κ2) is 9.35. The van der Waals surface area contributed by atoms with Crippen molar-refractivity contribution in [2.75, 3.05) is 13.7 Å². The standard InChI is InChI=1S/C24H43BO4Si/c1-11-12-16-24(7)23(5,6)28-25(29-24)21-14-13-20(26-8)18-19(21)15-17-27-30(9,10)22(2,3)4/h13-14,18H,11-12,15-17H2,1-10H3. The van der Waals surface area contributed by atoms with Gasteiger partial charge in [-0.1, -0.05) is 46.6 Å². The van der Waals surface area contributed by atoms with Crippen LogP contribution in [0.3, 0.4) is 0 Å². The van der Waals surface area contributed by atoms with Crippen LogP contribution < -0.4 is 10.2 Å². The fourth-order valence-corrected chi connectivity index (χ4v) is 4.63. The Labute approximate surface area is 186 Å². The van der Waals surface area contributed by atoms with Gasteiger partial charge in [0.15, 0.2) is 8.32 Å². The maximum atomic E-state index is 6.57. The molecule has 6 heteroatoms. The van der Waals surface area contributed by atoms with Gasteiger partial charge in [0, 0.05) is 6.61 Å². The van der Waals surface area contributed by atoms with E-state index in [0.29, 0.717) is 6.61 Å². The highest BCUT2D eigenvalue weighted by molar-refractivity contribution is 6.74. The molecule has 2 rings (SSSR count). The second-order valence-corrected chi connectivity index (χ2v) is 15.6. The van der Waals surface area contributed by atoms with Crippen LogP contribution in [-0.4, -0.2) is 40.4 Å². The molecule has 170 valence electrons. The SMILES string of the molecule is CCCCC1(C)OB(c2ccc(OC)cc2CCO[Si](C)(C)C(C)(C)C)OC1(C)C. The first-order valence-corrected chi connectivity index (χ1v) is 14.3. The van der Waals surface area contributed by atoms with E-state index in [1.807, 2.05) is 6.07 Å². The minimum atomic E-state index is -1.78. The lowest BCUT2D eigenvalue weighted by atomic mass is 9.75. The second-order valence-electron chi connectivity index (χ2n) is 10.8. The van der Waals surface area contributed by atoms with Crippen LogP contribution >= 0.6 is 0 Å². The summed E-state index contributed by atoms with van der Waals surface area (Å²) in [6, 6.07) is 6.19. The van der Waals surface area contributed by atoms with Crippen molar-refractivity contribution >= 4 is 20.9 Å². The summed E-state index contributed by atoms with van der Waals surface area (Å²) in [5.41, 5.74) is 1.61. The summed E-state index contributed by atoms with van der Waals surface area (Å²) in [5, 5.41) is 0.201. The summed E-state index contributed by atoms with van der Waals surface area (Å²) >= 11 is 0. The zero-order valence-corrected chi connectivity index (χ0v) is 22.0. The molecule has 1 saturated heterocycles. The minimum Gasteiger partial charge on any atom is -0.497 e. The first-order valence-electron chi connectivity index (χ1n) is 11.4. The van der Waals surface area contributed by atoms with Gasteiger partial charge in [0.2, 0.25) is 0 Å². The molecule has 1 atom stereocenters. The van der Waals surface area contributed by atoms with E-state index in [-0.39, 0.29) is 23.4 Å². The Balaban J connectivity index is 2.23. The van der Waals surface area contributed by atoms with Crippen LogP contribution in [0.2, 0.25) is 18.1 Å². The number of unbranched alkanes of at least 4 members (excludes halogenated alkanes) is 1. The van der Waals surface area contributed by atoms with Crippen molar-refractivity contribution in [1.29, 1.82) is 0 Å². The zero-order valence-electron chi connectivity index (χ0n) is 21.0. The van der Waals surface area contributed by atoms with Gasteiger partial charge in [-0.2, -0.15) is 0 Å². The summed E-state index contributed by atoms with van der Waals surface area (Å²) in [4.78, 5) is 0. The number of hydrogen-bond acceptors (Lipinski definition) is 4. The van der Waals surface area contributed by atoms with Crippen LogP contribution in [0, 0.1) is 0 Å². The molecule has 1 fully saturated rings. The van der Waals surface area contributed by atoms with Gasteiger partial charge in [0.25, 0.3) is 0 Å².